The Bertz CT molecular complexity index is 183. The summed E-state index contributed by atoms with van der Waals surface area (Å²) in [7, 11) is 3.30. The summed E-state index contributed by atoms with van der Waals surface area (Å²) in [6.07, 6.45) is 4.82. The maximum atomic E-state index is 5.04. The Morgan fingerprint density at radius 1 is 1.42 bits per heavy atom. The molecule has 0 spiro atoms. The molecule has 12 heavy (non-hydrogen) atoms. The molecular weight excluding hydrogens is 154 g/mol. The van der Waals surface area contributed by atoms with Crippen molar-refractivity contribution in [1.29, 1.82) is 0 Å². The van der Waals surface area contributed by atoms with Crippen LogP contribution in [0.1, 0.15) is 12.8 Å². The minimum Gasteiger partial charge on any atom is -0.450 e. The molecule has 68 valence electrons. The fourth-order valence-electron chi connectivity index (χ4n) is 1.40. The summed E-state index contributed by atoms with van der Waals surface area (Å²) < 4.78 is 9.70. The van der Waals surface area contributed by atoms with Crippen molar-refractivity contribution in [1.82, 2.24) is 5.32 Å². The third-order valence-corrected chi connectivity index (χ3v) is 1.94. The average molecular weight is 169 g/mol. The molecule has 1 aliphatic heterocycles. The molecular formula is C9H15NO2. The van der Waals surface area contributed by atoms with Crippen LogP contribution >= 0.6 is 0 Å². The molecule has 0 amide bonds. The van der Waals surface area contributed by atoms with E-state index in [0.29, 0.717) is 6.04 Å². The van der Waals surface area contributed by atoms with Crippen molar-refractivity contribution in [3.8, 4) is 12.0 Å². The fourth-order valence-corrected chi connectivity index (χ4v) is 1.40. The van der Waals surface area contributed by atoms with Gasteiger partial charge in [0.2, 0.25) is 0 Å². The smallest absolute Gasteiger partial charge is 0.111 e. The molecule has 1 saturated heterocycles. The predicted octanol–water partition coefficient (Wildman–Crippen LogP) is 0.361. The lowest BCUT2D eigenvalue weighted by atomic mass is 10.2. The Morgan fingerprint density at radius 3 is 2.92 bits per heavy atom. The minimum atomic E-state index is 0.282. The summed E-state index contributed by atoms with van der Waals surface area (Å²) in [5, 5.41) is 3.35. The van der Waals surface area contributed by atoms with Gasteiger partial charge in [-0.1, -0.05) is 0 Å². The third kappa shape index (κ3) is 2.72. The van der Waals surface area contributed by atoms with E-state index in [1.807, 2.05) is 0 Å². The molecule has 3 heteroatoms. The van der Waals surface area contributed by atoms with Gasteiger partial charge in [0.25, 0.3) is 0 Å². The number of hydrogen-bond donors (Lipinski definition) is 1. The number of nitrogens with one attached hydrogen (secondary N) is 1. The van der Waals surface area contributed by atoms with Crippen molar-refractivity contribution in [2.24, 2.45) is 0 Å². The highest BCUT2D eigenvalue weighted by atomic mass is 16.5. The van der Waals surface area contributed by atoms with E-state index in [0.717, 1.165) is 19.4 Å². The Kier molecular flexibility index (Phi) is 3.92. The molecule has 1 N–H and O–H groups in total. The van der Waals surface area contributed by atoms with E-state index in [-0.39, 0.29) is 6.04 Å². The summed E-state index contributed by atoms with van der Waals surface area (Å²) in [5.41, 5.74) is 0. The third-order valence-electron chi connectivity index (χ3n) is 1.94. The summed E-state index contributed by atoms with van der Waals surface area (Å²) >= 11 is 0. The molecule has 1 heterocycles. The van der Waals surface area contributed by atoms with Crippen LogP contribution in [0.15, 0.2) is 0 Å². The van der Waals surface area contributed by atoms with Gasteiger partial charge >= 0.3 is 0 Å². The van der Waals surface area contributed by atoms with Gasteiger partial charge in [-0.05, 0) is 18.8 Å². The van der Waals surface area contributed by atoms with Crippen LogP contribution in [0.5, 0.6) is 0 Å². The molecule has 0 aromatic heterocycles. The zero-order valence-corrected chi connectivity index (χ0v) is 7.59. The van der Waals surface area contributed by atoms with Crippen molar-refractivity contribution in [3.05, 3.63) is 0 Å². The second-order valence-electron chi connectivity index (χ2n) is 2.90. The average Bonchev–Trinajstić information content (AvgIpc) is 2.50. The van der Waals surface area contributed by atoms with Gasteiger partial charge in [0.15, 0.2) is 0 Å². The summed E-state index contributed by atoms with van der Waals surface area (Å²) in [4.78, 5) is 0. The fraction of sp³-hybridized carbons (Fsp3) is 0.778. The topological polar surface area (TPSA) is 30.5 Å². The molecule has 0 aromatic carbocycles. The monoisotopic (exact) mass is 169 g/mol. The van der Waals surface area contributed by atoms with Crippen LogP contribution in [-0.4, -0.2) is 32.9 Å². The van der Waals surface area contributed by atoms with Crippen LogP contribution in [0.3, 0.4) is 0 Å². The number of hydrogen-bond acceptors (Lipinski definition) is 3. The highest BCUT2D eigenvalue weighted by Gasteiger charge is 2.21. The van der Waals surface area contributed by atoms with E-state index >= 15 is 0 Å². The Hall–Kier alpha value is -0.720. The first-order valence-corrected chi connectivity index (χ1v) is 4.15. The molecule has 1 rings (SSSR count). The Labute approximate surface area is 73.4 Å². The largest absolute Gasteiger partial charge is 0.450 e. The van der Waals surface area contributed by atoms with Crippen molar-refractivity contribution in [2.75, 3.05) is 20.8 Å². The van der Waals surface area contributed by atoms with Crippen LogP contribution in [0.4, 0.5) is 0 Å². The molecule has 3 nitrogen and oxygen atoms in total. The second kappa shape index (κ2) is 5.02. The first-order valence-electron chi connectivity index (χ1n) is 4.15. The van der Waals surface area contributed by atoms with Crippen LogP contribution < -0.4 is 5.32 Å². The Morgan fingerprint density at radius 2 is 2.25 bits per heavy atom. The number of methoxy groups -OCH3 is 2. The molecule has 1 fully saturated rings. The molecule has 0 unspecified atom stereocenters. The molecule has 2 atom stereocenters. The quantitative estimate of drug-likeness (QED) is 0.605. The highest BCUT2D eigenvalue weighted by molar-refractivity contribution is 5.07. The lowest BCUT2D eigenvalue weighted by Crippen LogP contribution is -2.31. The van der Waals surface area contributed by atoms with E-state index < -0.39 is 0 Å². The first-order chi connectivity index (χ1) is 5.86. The summed E-state index contributed by atoms with van der Waals surface area (Å²) in [6, 6.07) is 0.747. The van der Waals surface area contributed by atoms with Gasteiger partial charge in [0.1, 0.15) is 6.11 Å². The van der Waals surface area contributed by atoms with E-state index in [1.54, 1.807) is 14.2 Å². The van der Waals surface area contributed by atoms with Gasteiger partial charge in [-0.25, -0.2) is 0 Å². The molecule has 0 saturated carbocycles. The lowest BCUT2D eigenvalue weighted by Gasteiger charge is -2.08. The molecule has 0 radical (unpaired) electrons. The maximum Gasteiger partial charge on any atom is 0.111 e. The van der Waals surface area contributed by atoms with Crippen molar-refractivity contribution in [2.45, 2.75) is 24.9 Å². The highest BCUT2D eigenvalue weighted by Crippen LogP contribution is 2.11. The van der Waals surface area contributed by atoms with Gasteiger partial charge in [-0.3, -0.25) is 5.32 Å². The first kappa shape index (κ1) is 9.37. The van der Waals surface area contributed by atoms with Gasteiger partial charge in [-0.2, -0.15) is 0 Å². The van der Waals surface area contributed by atoms with E-state index in [9.17, 15) is 0 Å². The van der Waals surface area contributed by atoms with Crippen molar-refractivity contribution >= 4 is 0 Å². The summed E-state index contributed by atoms with van der Waals surface area (Å²) in [6.45, 7) is 0.769. The van der Waals surface area contributed by atoms with Gasteiger partial charge in [0.05, 0.1) is 19.8 Å². The van der Waals surface area contributed by atoms with E-state index in [2.05, 4.69) is 22.1 Å². The predicted molar refractivity (Wildman–Crippen MR) is 46.6 cm³/mol. The molecule has 0 bridgehead atoms. The van der Waals surface area contributed by atoms with Crippen molar-refractivity contribution in [3.63, 3.8) is 0 Å². The zero-order chi connectivity index (χ0) is 8.81. The van der Waals surface area contributed by atoms with Crippen LogP contribution in [-0.2, 0) is 9.47 Å². The molecule has 1 aliphatic rings. The number of ether oxygens (including phenoxy) is 2. The molecule has 0 aliphatic carbocycles. The lowest BCUT2D eigenvalue weighted by molar-refractivity contribution is 0.172. The van der Waals surface area contributed by atoms with Gasteiger partial charge < -0.3 is 9.47 Å². The van der Waals surface area contributed by atoms with E-state index in [4.69, 9.17) is 4.74 Å². The zero-order valence-electron chi connectivity index (χ0n) is 7.59. The second-order valence-corrected chi connectivity index (χ2v) is 2.90. The van der Waals surface area contributed by atoms with Crippen LogP contribution in [0, 0.1) is 12.0 Å². The number of rotatable bonds is 2. The van der Waals surface area contributed by atoms with Gasteiger partial charge in [-0.15, -0.1) is 0 Å². The van der Waals surface area contributed by atoms with Gasteiger partial charge in [0, 0.05) is 13.2 Å². The van der Waals surface area contributed by atoms with Crippen molar-refractivity contribution < 1.29 is 9.47 Å². The van der Waals surface area contributed by atoms with Crippen LogP contribution in [0.25, 0.3) is 0 Å². The van der Waals surface area contributed by atoms with Crippen LogP contribution in [0.2, 0.25) is 0 Å². The SMILES string of the molecule is COC#C[C@H]1CC[C@H](COC)N1. The maximum absolute atomic E-state index is 5.04. The minimum absolute atomic E-state index is 0.282. The Balaban J connectivity index is 2.25. The molecule has 0 aromatic rings. The summed E-state index contributed by atoms with van der Waals surface area (Å²) in [5.74, 6) is 2.98. The standard InChI is InChI=1S/C9H15NO2/c1-11-6-5-8-3-4-9(10-8)7-12-2/h8-10H,3-4,7H2,1-2H3/t8-,9-/m1/s1. The van der Waals surface area contributed by atoms with E-state index in [1.165, 1.54) is 0 Å². The normalized spacial score (nSPS) is 27.8.